The minimum atomic E-state index is -3.64. The smallest absolute Gasteiger partial charge is 0.350 e. The van der Waals surface area contributed by atoms with Crippen molar-refractivity contribution in [2.75, 3.05) is 25.0 Å². The summed E-state index contributed by atoms with van der Waals surface area (Å²) in [6, 6.07) is 4.75. The molecular formula is C20H25N3O5S2. The number of esters is 1. The van der Waals surface area contributed by atoms with Gasteiger partial charge >= 0.3 is 5.97 Å². The van der Waals surface area contributed by atoms with E-state index in [1.165, 1.54) is 27.9 Å². The highest BCUT2D eigenvalue weighted by molar-refractivity contribution is 7.89. The molecule has 1 aromatic carbocycles. The minimum absolute atomic E-state index is 0.180. The number of aryl methyl sites for hydroxylation is 2. The van der Waals surface area contributed by atoms with Gasteiger partial charge in [-0.1, -0.05) is 18.9 Å². The van der Waals surface area contributed by atoms with Gasteiger partial charge in [0, 0.05) is 18.8 Å². The Balaban J connectivity index is 1.67. The van der Waals surface area contributed by atoms with E-state index in [9.17, 15) is 18.0 Å². The lowest BCUT2D eigenvalue weighted by molar-refractivity contribution is -0.119. The number of thiazole rings is 1. The van der Waals surface area contributed by atoms with E-state index in [1.807, 2.05) is 0 Å². The number of hydrogen-bond acceptors (Lipinski definition) is 7. The summed E-state index contributed by atoms with van der Waals surface area (Å²) in [6.45, 7) is 4.03. The van der Waals surface area contributed by atoms with Gasteiger partial charge in [-0.3, -0.25) is 4.79 Å². The van der Waals surface area contributed by atoms with Gasteiger partial charge in [-0.25, -0.2) is 18.2 Å². The Bertz CT molecular complexity index is 1020. The molecule has 1 saturated heterocycles. The molecule has 30 heavy (non-hydrogen) atoms. The van der Waals surface area contributed by atoms with Crippen LogP contribution in [0.4, 0.5) is 5.69 Å². The molecule has 0 bridgehead atoms. The number of nitrogens with zero attached hydrogens (tertiary/aromatic N) is 2. The lowest BCUT2D eigenvalue weighted by Crippen LogP contribution is -2.32. The molecule has 3 rings (SSSR count). The van der Waals surface area contributed by atoms with Crippen LogP contribution in [0.2, 0.25) is 0 Å². The number of carbonyl (C=O) groups is 2. The molecule has 1 fully saturated rings. The Morgan fingerprint density at radius 3 is 2.50 bits per heavy atom. The molecule has 0 atom stereocenters. The number of sulfonamides is 1. The van der Waals surface area contributed by atoms with Crippen molar-refractivity contribution in [2.24, 2.45) is 0 Å². The molecule has 1 amide bonds. The van der Waals surface area contributed by atoms with Crippen LogP contribution in [0, 0.1) is 13.8 Å². The van der Waals surface area contributed by atoms with Crippen molar-refractivity contribution >= 4 is 38.9 Å². The van der Waals surface area contributed by atoms with Crippen molar-refractivity contribution in [1.29, 1.82) is 0 Å². The van der Waals surface area contributed by atoms with Gasteiger partial charge in [0.15, 0.2) is 6.61 Å². The molecule has 1 aliphatic heterocycles. The van der Waals surface area contributed by atoms with Gasteiger partial charge in [0.1, 0.15) is 4.88 Å². The highest BCUT2D eigenvalue weighted by Crippen LogP contribution is 2.26. The molecule has 2 heterocycles. The predicted molar refractivity (Wildman–Crippen MR) is 114 cm³/mol. The van der Waals surface area contributed by atoms with Crippen LogP contribution >= 0.6 is 11.3 Å². The van der Waals surface area contributed by atoms with Gasteiger partial charge in [0.25, 0.3) is 5.91 Å². The summed E-state index contributed by atoms with van der Waals surface area (Å²) in [5.74, 6) is -1.17. The monoisotopic (exact) mass is 451 g/mol. The number of hydrogen-bond donors (Lipinski definition) is 1. The van der Waals surface area contributed by atoms with Gasteiger partial charge in [-0.15, -0.1) is 11.3 Å². The normalized spacial score (nSPS) is 15.4. The lowest BCUT2D eigenvalue weighted by Gasteiger charge is -2.21. The summed E-state index contributed by atoms with van der Waals surface area (Å²) in [5.41, 5.74) is 0.952. The first kappa shape index (κ1) is 22.4. The van der Waals surface area contributed by atoms with Crippen molar-refractivity contribution in [3.63, 3.8) is 0 Å². The summed E-state index contributed by atoms with van der Waals surface area (Å²) in [4.78, 5) is 28.6. The molecule has 1 N–H and O–H groups in total. The number of amides is 1. The Hall–Kier alpha value is -2.30. The third-order valence-corrected chi connectivity index (χ3v) is 7.75. The van der Waals surface area contributed by atoms with Crippen LogP contribution in [-0.4, -0.2) is 49.3 Å². The molecule has 0 aliphatic carbocycles. The molecule has 8 nitrogen and oxygen atoms in total. The molecule has 0 unspecified atom stereocenters. The van der Waals surface area contributed by atoms with Crippen LogP contribution in [-0.2, 0) is 19.6 Å². The number of carbonyl (C=O) groups excluding carboxylic acids is 2. The highest BCUT2D eigenvalue weighted by atomic mass is 32.2. The first-order chi connectivity index (χ1) is 14.3. The quantitative estimate of drug-likeness (QED) is 0.677. The zero-order chi connectivity index (χ0) is 21.7. The molecule has 10 heteroatoms. The van der Waals surface area contributed by atoms with E-state index in [0.717, 1.165) is 30.7 Å². The number of nitrogens with one attached hydrogen (secondary N) is 1. The average Bonchev–Trinajstić information content (AvgIpc) is 2.96. The summed E-state index contributed by atoms with van der Waals surface area (Å²) in [5, 5.41) is 3.32. The van der Waals surface area contributed by atoms with E-state index < -0.39 is 28.5 Å². The number of ether oxygens (including phenoxy) is 1. The van der Waals surface area contributed by atoms with Crippen LogP contribution in [0.15, 0.2) is 29.3 Å². The molecule has 0 radical (unpaired) electrons. The Morgan fingerprint density at radius 2 is 1.87 bits per heavy atom. The fourth-order valence-corrected chi connectivity index (χ4v) is 5.67. The largest absolute Gasteiger partial charge is 0.451 e. The third-order valence-electron chi connectivity index (χ3n) is 4.81. The number of benzene rings is 1. The minimum Gasteiger partial charge on any atom is -0.451 e. The number of anilines is 1. The fourth-order valence-electron chi connectivity index (χ4n) is 3.23. The second-order valence-electron chi connectivity index (χ2n) is 7.17. The Labute approximate surface area is 180 Å². The van der Waals surface area contributed by atoms with Crippen molar-refractivity contribution in [2.45, 2.75) is 44.4 Å². The molecule has 162 valence electrons. The lowest BCUT2D eigenvalue weighted by atomic mass is 10.2. The second-order valence-corrected chi connectivity index (χ2v) is 10.3. The third kappa shape index (κ3) is 5.44. The first-order valence-electron chi connectivity index (χ1n) is 9.77. The highest BCUT2D eigenvalue weighted by Gasteiger charge is 2.27. The maximum atomic E-state index is 13.1. The zero-order valence-electron chi connectivity index (χ0n) is 17.0. The molecule has 1 aromatic heterocycles. The van der Waals surface area contributed by atoms with Crippen LogP contribution in [0.5, 0.6) is 0 Å². The van der Waals surface area contributed by atoms with E-state index in [4.69, 9.17) is 4.74 Å². The van der Waals surface area contributed by atoms with E-state index in [-0.39, 0.29) is 4.90 Å². The summed E-state index contributed by atoms with van der Waals surface area (Å²) >= 11 is 1.18. The van der Waals surface area contributed by atoms with E-state index in [2.05, 4.69) is 10.3 Å². The summed E-state index contributed by atoms with van der Waals surface area (Å²) in [6.07, 6.45) is 5.15. The first-order valence-corrected chi connectivity index (χ1v) is 12.0. The van der Waals surface area contributed by atoms with Crippen molar-refractivity contribution in [1.82, 2.24) is 9.29 Å². The van der Waals surface area contributed by atoms with Gasteiger partial charge in [-0.05, 0) is 44.4 Å². The number of aromatic nitrogens is 1. The van der Waals surface area contributed by atoms with E-state index >= 15 is 0 Å². The van der Waals surface area contributed by atoms with Gasteiger partial charge < -0.3 is 10.1 Å². The second kappa shape index (κ2) is 9.67. The van der Waals surface area contributed by atoms with Crippen LogP contribution in [0.1, 0.15) is 45.9 Å². The van der Waals surface area contributed by atoms with Crippen LogP contribution in [0.25, 0.3) is 0 Å². The summed E-state index contributed by atoms with van der Waals surface area (Å²) in [7, 11) is -3.64. The van der Waals surface area contributed by atoms with Crippen molar-refractivity contribution < 1.29 is 22.7 Å². The fraction of sp³-hybridized carbons (Fsp3) is 0.450. The molecule has 0 spiro atoms. The van der Waals surface area contributed by atoms with Gasteiger partial charge in [0.05, 0.1) is 16.1 Å². The molecule has 0 saturated carbocycles. The Kier molecular flexibility index (Phi) is 7.22. The maximum absolute atomic E-state index is 13.1. The van der Waals surface area contributed by atoms with Gasteiger partial charge in [-0.2, -0.15) is 4.31 Å². The molecule has 1 aliphatic rings. The summed E-state index contributed by atoms with van der Waals surface area (Å²) < 4.78 is 32.7. The topological polar surface area (TPSA) is 106 Å². The van der Waals surface area contributed by atoms with Crippen LogP contribution < -0.4 is 5.32 Å². The standard InChI is InChI=1S/C20H25N3O5S2/c1-14-7-8-16(11-18(14)30(26,27)23-9-5-3-4-6-10-23)22-19(24)13-28-20(25)17-12-21-15(2)29-17/h7-8,11-12H,3-6,9-10,13H2,1-2H3,(H,22,24). The average molecular weight is 452 g/mol. The van der Waals surface area contributed by atoms with Crippen molar-refractivity contribution in [3.05, 3.63) is 39.8 Å². The predicted octanol–water partition coefficient (Wildman–Crippen LogP) is 3.12. The SMILES string of the molecule is Cc1ncc(C(=O)OCC(=O)Nc2ccc(C)c(S(=O)(=O)N3CCCCCC3)c2)s1. The number of rotatable bonds is 6. The van der Waals surface area contributed by atoms with E-state index in [0.29, 0.717) is 29.2 Å². The molecule has 2 aromatic rings. The zero-order valence-corrected chi connectivity index (χ0v) is 18.6. The molecular weight excluding hydrogens is 426 g/mol. The van der Waals surface area contributed by atoms with Crippen molar-refractivity contribution in [3.8, 4) is 0 Å². The Morgan fingerprint density at radius 1 is 1.17 bits per heavy atom. The van der Waals surface area contributed by atoms with Crippen LogP contribution in [0.3, 0.4) is 0 Å². The maximum Gasteiger partial charge on any atom is 0.350 e. The van der Waals surface area contributed by atoms with E-state index in [1.54, 1.807) is 26.0 Å². The van der Waals surface area contributed by atoms with Gasteiger partial charge in [0.2, 0.25) is 10.0 Å².